The van der Waals surface area contributed by atoms with Crippen molar-refractivity contribution in [1.29, 1.82) is 0 Å². The lowest BCUT2D eigenvalue weighted by atomic mass is 10.0. The monoisotopic (exact) mass is 492 g/mol. The quantitative estimate of drug-likeness (QED) is 0.362. The predicted octanol–water partition coefficient (Wildman–Crippen LogP) is 2.70. The average molecular weight is 493 g/mol. The Morgan fingerprint density at radius 3 is 2.71 bits per heavy atom. The maximum atomic E-state index is 12.9. The fourth-order valence-corrected chi connectivity index (χ4v) is 6.11. The molecule has 3 aliphatic rings. The molecule has 2 atom stereocenters. The standard InChI is InChI=1S/C26H24N2O6S/c1-14-13-35-24-21(23(30)28(24)22(14)25(31)32)27-20(29)12-17-5-2-3-8-19(17)26(33)34-18-10-9-15-6-4-7-16(15)11-18/h2-3,5,8-11,21,24H,4,6-7,12-13H2,1H3,(H,27,29)(H,31,32)/t21?,24-/m1/s1. The minimum absolute atomic E-state index is 0.0103. The fourth-order valence-electron chi connectivity index (χ4n) is 4.82. The molecule has 2 heterocycles. The van der Waals surface area contributed by atoms with Crippen LogP contribution in [0.2, 0.25) is 0 Å². The van der Waals surface area contributed by atoms with Crippen molar-refractivity contribution in [3.05, 3.63) is 76.0 Å². The van der Waals surface area contributed by atoms with E-state index < -0.39 is 35.2 Å². The van der Waals surface area contributed by atoms with Crippen molar-refractivity contribution in [2.45, 2.75) is 44.0 Å². The summed E-state index contributed by atoms with van der Waals surface area (Å²) in [6.07, 6.45) is 2.99. The molecule has 2 aromatic carbocycles. The van der Waals surface area contributed by atoms with E-state index in [1.807, 2.05) is 12.1 Å². The molecule has 0 bridgehead atoms. The molecule has 0 spiro atoms. The van der Waals surface area contributed by atoms with Gasteiger partial charge in [-0.05, 0) is 66.6 Å². The number of aliphatic carboxylic acids is 1. The minimum atomic E-state index is -1.15. The normalized spacial score (nSPS) is 20.6. The SMILES string of the molecule is CC1=C(C(=O)O)N2C(=O)C(NC(=O)Cc3ccccc3C(=O)Oc3ccc4c(c3)CCC4)[C@H]2SC1. The number of esters is 1. The molecule has 1 saturated heterocycles. The molecule has 2 N–H and O–H groups in total. The lowest BCUT2D eigenvalue weighted by Crippen LogP contribution is -2.70. The zero-order valence-electron chi connectivity index (χ0n) is 19.1. The summed E-state index contributed by atoms with van der Waals surface area (Å²) >= 11 is 1.42. The van der Waals surface area contributed by atoms with E-state index in [0.29, 0.717) is 22.6 Å². The average Bonchev–Trinajstić information content (AvgIpc) is 3.30. The summed E-state index contributed by atoms with van der Waals surface area (Å²) in [5, 5.41) is 11.7. The molecule has 5 rings (SSSR count). The summed E-state index contributed by atoms with van der Waals surface area (Å²) in [5.74, 6) is -1.63. The van der Waals surface area contributed by atoms with Crippen molar-refractivity contribution in [1.82, 2.24) is 10.2 Å². The molecule has 2 aromatic rings. The highest BCUT2D eigenvalue weighted by Crippen LogP contribution is 2.40. The van der Waals surface area contributed by atoms with Crippen LogP contribution in [0.3, 0.4) is 0 Å². The van der Waals surface area contributed by atoms with Crippen LogP contribution in [-0.4, -0.2) is 50.9 Å². The molecule has 1 aliphatic carbocycles. The molecule has 0 saturated carbocycles. The number of fused-ring (bicyclic) bond motifs is 2. The molecule has 0 radical (unpaired) electrons. The molecule has 35 heavy (non-hydrogen) atoms. The third kappa shape index (κ3) is 4.32. The van der Waals surface area contributed by atoms with Crippen LogP contribution in [0, 0.1) is 0 Å². The zero-order valence-corrected chi connectivity index (χ0v) is 19.9. The molecule has 1 fully saturated rings. The molecule has 9 heteroatoms. The number of ether oxygens (including phenoxy) is 1. The predicted molar refractivity (Wildman–Crippen MR) is 129 cm³/mol. The van der Waals surface area contributed by atoms with Gasteiger partial charge in [0.1, 0.15) is 22.9 Å². The Hall–Kier alpha value is -3.59. The Balaban J connectivity index is 1.25. The summed E-state index contributed by atoms with van der Waals surface area (Å²) in [4.78, 5) is 51.1. The number of carbonyl (C=O) groups is 4. The maximum Gasteiger partial charge on any atom is 0.352 e. The summed E-state index contributed by atoms with van der Waals surface area (Å²) in [6, 6.07) is 11.6. The topological polar surface area (TPSA) is 113 Å². The van der Waals surface area contributed by atoms with Crippen LogP contribution in [0.1, 0.15) is 40.4 Å². The number of nitrogens with zero attached hydrogens (tertiary/aromatic N) is 1. The van der Waals surface area contributed by atoms with Gasteiger partial charge < -0.3 is 15.2 Å². The fraction of sp³-hybridized carbons (Fsp3) is 0.308. The number of carboxylic acid groups (broad SMARTS) is 1. The number of rotatable bonds is 6. The zero-order chi connectivity index (χ0) is 24.7. The minimum Gasteiger partial charge on any atom is -0.477 e. The second-order valence-corrected chi connectivity index (χ2v) is 10.0. The Kier molecular flexibility index (Phi) is 6.10. The lowest BCUT2D eigenvalue weighted by Gasteiger charge is -2.49. The molecule has 180 valence electrons. The Bertz CT molecular complexity index is 1290. The first-order valence-electron chi connectivity index (χ1n) is 11.4. The summed E-state index contributed by atoms with van der Waals surface area (Å²) in [7, 11) is 0. The molecule has 1 unspecified atom stereocenters. The first-order valence-corrected chi connectivity index (χ1v) is 12.5. The largest absolute Gasteiger partial charge is 0.477 e. The van der Waals surface area contributed by atoms with E-state index in [9.17, 15) is 24.3 Å². The van der Waals surface area contributed by atoms with E-state index in [1.54, 1.807) is 37.3 Å². The number of thioether (sulfide) groups is 1. The van der Waals surface area contributed by atoms with Gasteiger partial charge in [-0.2, -0.15) is 0 Å². The van der Waals surface area contributed by atoms with Crippen molar-refractivity contribution in [2.24, 2.45) is 0 Å². The molecular formula is C26H24N2O6S. The van der Waals surface area contributed by atoms with Gasteiger partial charge >= 0.3 is 11.9 Å². The van der Waals surface area contributed by atoms with Gasteiger partial charge in [-0.25, -0.2) is 9.59 Å². The second-order valence-electron chi connectivity index (χ2n) is 8.90. The van der Waals surface area contributed by atoms with E-state index in [2.05, 4.69) is 5.32 Å². The van der Waals surface area contributed by atoms with Gasteiger partial charge in [0.2, 0.25) is 5.91 Å². The van der Waals surface area contributed by atoms with Gasteiger partial charge in [0.05, 0.1) is 12.0 Å². The van der Waals surface area contributed by atoms with Gasteiger partial charge in [0, 0.05) is 5.75 Å². The van der Waals surface area contributed by atoms with Crippen molar-refractivity contribution in [2.75, 3.05) is 5.75 Å². The smallest absolute Gasteiger partial charge is 0.352 e. The number of amides is 2. The van der Waals surface area contributed by atoms with Crippen molar-refractivity contribution >= 4 is 35.5 Å². The Labute approximate surface area is 206 Å². The van der Waals surface area contributed by atoms with Crippen LogP contribution in [0.25, 0.3) is 0 Å². The number of nitrogens with one attached hydrogen (secondary N) is 1. The molecular weight excluding hydrogens is 468 g/mol. The Morgan fingerprint density at radius 2 is 1.91 bits per heavy atom. The lowest BCUT2D eigenvalue weighted by molar-refractivity contribution is -0.150. The summed E-state index contributed by atoms with van der Waals surface area (Å²) in [5.41, 5.74) is 3.85. The summed E-state index contributed by atoms with van der Waals surface area (Å²) < 4.78 is 5.60. The first kappa shape index (κ1) is 23.2. The summed E-state index contributed by atoms with van der Waals surface area (Å²) in [6.45, 7) is 1.69. The second kappa shape index (κ2) is 9.22. The van der Waals surface area contributed by atoms with Crippen molar-refractivity contribution < 1.29 is 29.0 Å². The van der Waals surface area contributed by atoms with Crippen LogP contribution in [0.4, 0.5) is 0 Å². The highest BCUT2D eigenvalue weighted by atomic mass is 32.2. The first-order chi connectivity index (χ1) is 16.8. The number of carbonyl (C=O) groups excluding carboxylic acids is 3. The van der Waals surface area contributed by atoms with E-state index in [0.717, 1.165) is 19.3 Å². The van der Waals surface area contributed by atoms with Gasteiger partial charge in [-0.1, -0.05) is 24.3 Å². The van der Waals surface area contributed by atoms with Crippen molar-refractivity contribution in [3.63, 3.8) is 0 Å². The maximum absolute atomic E-state index is 12.9. The number of β-lactam (4-membered cyclic amide) rings is 1. The third-order valence-electron chi connectivity index (χ3n) is 6.55. The molecule has 8 nitrogen and oxygen atoms in total. The highest BCUT2D eigenvalue weighted by molar-refractivity contribution is 8.00. The van der Waals surface area contributed by atoms with Gasteiger partial charge in [-0.3, -0.25) is 14.5 Å². The number of hydrogen-bond donors (Lipinski definition) is 2. The van der Waals surface area contributed by atoms with E-state index in [1.165, 1.54) is 27.8 Å². The molecule has 0 aromatic heterocycles. The molecule has 2 aliphatic heterocycles. The van der Waals surface area contributed by atoms with Crippen LogP contribution >= 0.6 is 11.8 Å². The van der Waals surface area contributed by atoms with E-state index in [4.69, 9.17) is 4.74 Å². The van der Waals surface area contributed by atoms with Gasteiger partial charge in [-0.15, -0.1) is 11.8 Å². The van der Waals surface area contributed by atoms with Gasteiger partial charge in [0.15, 0.2) is 0 Å². The number of carboxylic acids is 1. The van der Waals surface area contributed by atoms with Gasteiger partial charge in [0.25, 0.3) is 5.91 Å². The van der Waals surface area contributed by atoms with Crippen LogP contribution in [0.5, 0.6) is 5.75 Å². The molecule has 2 amide bonds. The third-order valence-corrected chi connectivity index (χ3v) is 7.97. The number of aryl methyl sites for hydroxylation is 2. The number of hydrogen-bond acceptors (Lipinski definition) is 6. The Morgan fingerprint density at radius 1 is 1.14 bits per heavy atom. The van der Waals surface area contributed by atoms with Crippen LogP contribution in [0.15, 0.2) is 53.7 Å². The van der Waals surface area contributed by atoms with Crippen molar-refractivity contribution in [3.8, 4) is 5.75 Å². The number of benzene rings is 2. The van der Waals surface area contributed by atoms with E-state index in [-0.39, 0.29) is 17.7 Å². The van der Waals surface area contributed by atoms with Crippen LogP contribution < -0.4 is 10.1 Å². The highest BCUT2D eigenvalue weighted by Gasteiger charge is 2.53. The van der Waals surface area contributed by atoms with E-state index >= 15 is 0 Å². The van der Waals surface area contributed by atoms with Crippen LogP contribution in [-0.2, 0) is 33.6 Å².